The van der Waals surface area contributed by atoms with Gasteiger partial charge in [0.2, 0.25) is 0 Å². The molecule has 1 unspecified atom stereocenters. The number of methoxy groups -OCH3 is 1. The Kier molecular flexibility index (Phi) is 2.68. The van der Waals surface area contributed by atoms with E-state index in [2.05, 4.69) is 10.3 Å². The quantitative estimate of drug-likeness (QED) is 0.619. The number of hydrogen-bond acceptors (Lipinski definition) is 3. The molecule has 10 heavy (non-hydrogen) atoms. The number of aliphatic imine (C=N–C) groups is 1. The van der Waals surface area contributed by atoms with Crippen molar-refractivity contribution in [2.45, 2.75) is 19.4 Å². The lowest BCUT2D eigenvalue weighted by Gasteiger charge is -2.08. The van der Waals surface area contributed by atoms with Crippen LogP contribution >= 0.6 is 0 Å². The lowest BCUT2D eigenvalue weighted by Crippen LogP contribution is -2.23. The summed E-state index contributed by atoms with van der Waals surface area (Å²) in [5.74, 6) is 1.09. The molecule has 1 N–H and O–H groups in total. The summed E-state index contributed by atoms with van der Waals surface area (Å²) in [4.78, 5) is 4.25. The van der Waals surface area contributed by atoms with Gasteiger partial charge in [-0.2, -0.15) is 0 Å². The van der Waals surface area contributed by atoms with Crippen LogP contribution in [0.25, 0.3) is 0 Å². The molecule has 0 aliphatic carbocycles. The maximum absolute atomic E-state index is 5.09. The average Bonchev–Trinajstić information content (AvgIpc) is 2.40. The Morgan fingerprint density at radius 1 is 1.80 bits per heavy atom. The van der Waals surface area contributed by atoms with Crippen molar-refractivity contribution < 1.29 is 4.74 Å². The maximum Gasteiger partial charge on any atom is 0.0990 e. The standard InChI is InChI=1S/C7H14N2O/c1-6(10-2)5-7-8-3-4-9-7/h6H,3-5H2,1-2H3,(H,8,9). The van der Waals surface area contributed by atoms with E-state index in [0.717, 1.165) is 25.3 Å². The Labute approximate surface area is 61.5 Å². The number of hydrogen-bond donors (Lipinski definition) is 1. The third kappa shape index (κ3) is 1.99. The predicted molar refractivity (Wildman–Crippen MR) is 41.4 cm³/mol. The summed E-state index contributed by atoms with van der Waals surface area (Å²) in [6.45, 7) is 3.96. The van der Waals surface area contributed by atoms with Crippen LogP contribution in [0.4, 0.5) is 0 Å². The molecule has 0 radical (unpaired) electrons. The molecular formula is C7H14N2O. The van der Waals surface area contributed by atoms with Crippen molar-refractivity contribution in [1.29, 1.82) is 0 Å². The summed E-state index contributed by atoms with van der Waals surface area (Å²) in [7, 11) is 1.72. The second-order valence-corrected chi connectivity index (χ2v) is 2.51. The minimum Gasteiger partial charge on any atom is -0.381 e. The normalized spacial score (nSPS) is 20.0. The van der Waals surface area contributed by atoms with Crippen LogP contribution in [0, 0.1) is 0 Å². The van der Waals surface area contributed by atoms with Gasteiger partial charge >= 0.3 is 0 Å². The average molecular weight is 142 g/mol. The highest BCUT2D eigenvalue weighted by Crippen LogP contribution is 1.98. The van der Waals surface area contributed by atoms with Crippen LogP contribution in [0.5, 0.6) is 0 Å². The Balaban J connectivity index is 2.23. The molecule has 0 bridgehead atoms. The molecule has 3 nitrogen and oxygen atoms in total. The Morgan fingerprint density at radius 3 is 3.10 bits per heavy atom. The van der Waals surface area contributed by atoms with Crippen molar-refractivity contribution in [1.82, 2.24) is 5.32 Å². The van der Waals surface area contributed by atoms with E-state index in [1.54, 1.807) is 7.11 Å². The molecule has 0 spiro atoms. The van der Waals surface area contributed by atoms with E-state index < -0.39 is 0 Å². The zero-order chi connectivity index (χ0) is 7.40. The Hall–Kier alpha value is -0.570. The van der Waals surface area contributed by atoms with Gasteiger partial charge < -0.3 is 10.1 Å². The van der Waals surface area contributed by atoms with Crippen LogP contribution in [0.2, 0.25) is 0 Å². The van der Waals surface area contributed by atoms with E-state index >= 15 is 0 Å². The molecule has 0 amide bonds. The lowest BCUT2D eigenvalue weighted by molar-refractivity contribution is 0.124. The SMILES string of the molecule is COC(C)CC1=NCCN1. The van der Waals surface area contributed by atoms with Gasteiger partial charge in [0.1, 0.15) is 0 Å². The molecule has 0 aromatic heterocycles. The molecule has 58 valence electrons. The van der Waals surface area contributed by atoms with Gasteiger partial charge in [-0.25, -0.2) is 0 Å². The summed E-state index contributed by atoms with van der Waals surface area (Å²) in [6, 6.07) is 0. The van der Waals surface area contributed by atoms with Gasteiger partial charge in [-0.05, 0) is 6.92 Å². The van der Waals surface area contributed by atoms with Gasteiger partial charge in [-0.3, -0.25) is 4.99 Å². The molecule has 0 saturated carbocycles. The van der Waals surface area contributed by atoms with E-state index in [9.17, 15) is 0 Å². The third-order valence-electron chi connectivity index (χ3n) is 1.63. The van der Waals surface area contributed by atoms with E-state index in [1.165, 1.54) is 0 Å². The van der Waals surface area contributed by atoms with E-state index in [1.807, 2.05) is 6.92 Å². The van der Waals surface area contributed by atoms with Crippen molar-refractivity contribution in [3.05, 3.63) is 0 Å². The third-order valence-corrected chi connectivity index (χ3v) is 1.63. The van der Waals surface area contributed by atoms with Crippen LogP contribution in [-0.2, 0) is 4.74 Å². The van der Waals surface area contributed by atoms with Crippen LogP contribution in [0.1, 0.15) is 13.3 Å². The molecule has 1 rings (SSSR count). The van der Waals surface area contributed by atoms with Gasteiger partial charge in [0.15, 0.2) is 0 Å². The molecule has 1 aliphatic heterocycles. The highest BCUT2D eigenvalue weighted by molar-refractivity contribution is 5.83. The van der Waals surface area contributed by atoms with Crippen molar-refractivity contribution in [2.75, 3.05) is 20.2 Å². The van der Waals surface area contributed by atoms with Crippen molar-refractivity contribution in [3.8, 4) is 0 Å². The van der Waals surface area contributed by atoms with Crippen LogP contribution < -0.4 is 5.32 Å². The van der Waals surface area contributed by atoms with Crippen molar-refractivity contribution >= 4 is 5.84 Å². The summed E-state index contributed by atoms with van der Waals surface area (Å²) in [5, 5.41) is 3.19. The number of nitrogens with zero attached hydrogens (tertiary/aromatic N) is 1. The highest BCUT2D eigenvalue weighted by atomic mass is 16.5. The van der Waals surface area contributed by atoms with Crippen molar-refractivity contribution in [3.63, 3.8) is 0 Å². The first-order valence-corrected chi connectivity index (χ1v) is 3.63. The first-order valence-electron chi connectivity index (χ1n) is 3.63. The molecule has 1 aliphatic rings. The van der Waals surface area contributed by atoms with Gasteiger partial charge in [0.05, 0.1) is 18.5 Å². The second kappa shape index (κ2) is 3.56. The lowest BCUT2D eigenvalue weighted by atomic mass is 10.3. The summed E-state index contributed by atoms with van der Waals surface area (Å²) in [6.07, 6.45) is 1.19. The molecular weight excluding hydrogens is 128 g/mol. The first-order chi connectivity index (χ1) is 4.83. The fraction of sp³-hybridized carbons (Fsp3) is 0.857. The smallest absolute Gasteiger partial charge is 0.0990 e. The molecule has 0 fully saturated rings. The molecule has 1 heterocycles. The summed E-state index contributed by atoms with van der Waals surface area (Å²) >= 11 is 0. The number of rotatable bonds is 3. The van der Waals surface area contributed by atoms with E-state index in [4.69, 9.17) is 4.74 Å². The number of amidine groups is 1. The number of nitrogens with one attached hydrogen (secondary N) is 1. The zero-order valence-electron chi connectivity index (χ0n) is 6.55. The van der Waals surface area contributed by atoms with Crippen LogP contribution in [-0.4, -0.2) is 32.1 Å². The minimum absolute atomic E-state index is 0.282. The second-order valence-electron chi connectivity index (χ2n) is 2.51. The highest BCUT2D eigenvalue weighted by Gasteiger charge is 2.08. The monoisotopic (exact) mass is 142 g/mol. The minimum atomic E-state index is 0.282. The fourth-order valence-corrected chi connectivity index (χ4v) is 0.939. The van der Waals surface area contributed by atoms with Gasteiger partial charge in [-0.1, -0.05) is 0 Å². The van der Waals surface area contributed by atoms with E-state index in [0.29, 0.717) is 0 Å². The summed E-state index contributed by atoms with van der Waals surface area (Å²) < 4.78 is 5.09. The predicted octanol–water partition coefficient (Wildman–Crippen LogP) is 0.413. The molecule has 3 heteroatoms. The van der Waals surface area contributed by atoms with Gasteiger partial charge in [0.25, 0.3) is 0 Å². The van der Waals surface area contributed by atoms with Crippen LogP contribution in [0.3, 0.4) is 0 Å². The fourth-order valence-electron chi connectivity index (χ4n) is 0.939. The van der Waals surface area contributed by atoms with Gasteiger partial charge in [-0.15, -0.1) is 0 Å². The molecule has 0 saturated heterocycles. The molecule has 0 aromatic carbocycles. The van der Waals surface area contributed by atoms with Crippen LogP contribution in [0.15, 0.2) is 4.99 Å². The first kappa shape index (κ1) is 7.54. The van der Waals surface area contributed by atoms with Gasteiger partial charge in [0, 0.05) is 20.1 Å². The summed E-state index contributed by atoms with van der Waals surface area (Å²) in [5.41, 5.74) is 0. The topological polar surface area (TPSA) is 33.6 Å². The Bertz CT molecular complexity index is 134. The largest absolute Gasteiger partial charge is 0.381 e. The van der Waals surface area contributed by atoms with Crippen molar-refractivity contribution in [2.24, 2.45) is 4.99 Å². The zero-order valence-corrected chi connectivity index (χ0v) is 6.55. The molecule has 0 aromatic rings. The number of ether oxygens (including phenoxy) is 1. The maximum atomic E-state index is 5.09. The Morgan fingerprint density at radius 2 is 2.60 bits per heavy atom. The molecule has 1 atom stereocenters. The van der Waals surface area contributed by atoms with E-state index in [-0.39, 0.29) is 6.10 Å².